The number of fused-ring (bicyclic) bond motifs is 1. The van der Waals surface area contributed by atoms with Crippen molar-refractivity contribution in [1.82, 2.24) is 14.8 Å². The number of benzene rings is 1. The monoisotopic (exact) mass is 533 g/mol. The van der Waals surface area contributed by atoms with Gasteiger partial charge in [-0.25, -0.2) is 9.98 Å². The summed E-state index contributed by atoms with van der Waals surface area (Å²) in [5, 5.41) is 3.46. The number of nitrogens with zero attached hydrogens (tertiary/aromatic N) is 5. The van der Waals surface area contributed by atoms with Crippen LogP contribution < -0.4 is 16.0 Å². The molecular formula is C29H39N7OS. The van der Waals surface area contributed by atoms with Crippen molar-refractivity contribution in [1.29, 1.82) is 0 Å². The summed E-state index contributed by atoms with van der Waals surface area (Å²) in [6.45, 7) is 9.29. The molecule has 2 aromatic heterocycles. The van der Waals surface area contributed by atoms with E-state index in [4.69, 9.17) is 20.4 Å². The van der Waals surface area contributed by atoms with Gasteiger partial charge in [0.25, 0.3) is 0 Å². The fourth-order valence-corrected chi connectivity index (χ4v) is 6.18. The second kappa shape index (κ2) is 12.3. The molecule has 2 aliphatic heterocycles. The molecule has 2 aliphatic rings. The van der Waals surface area contributed by atoms with Crippen LogP contribution in [0.1, 0.15) is 22.9 Å². The highest BCUT2D eigenvalue weighted by atomic mass is 32.1. The molecule has 1 atom stereocenters. The fourth-order valence-electron chi connectivity index (χ4n) is 5.12. The number of nitrogens with two attached hydrogens (primary N) is 1. The van der Waals surface area contributed by atoms with E-state index in [1.165, 1.54) is 20.9 Å². The third kappa shape index (κ3) is 6.35. The van der Waals surface area contributed by atoms with Gasteiger partial charge in [-0.05, 0) is 56.8 Å². The summed E-state index contributed by atoms with van der Waals surface area (Å²) in [4.78, 5) is 19.1. The molecule has 0 saturated carbocycles. The van der Waals surface area contributed by atoms with Gasteiger partial charge in [0.05, 0.1) is 25.1 Å². The zero-order valence-corrected chi connectivity index (χ0v) is 23.5. The van der Waals surface area contributed by atoms with E-state index in [9.17, 15) is 0 Å². The largest absolute Gasteiger partial charge is 0.383 e. The Hall–Kier alpha value is -2.98. The fraction of sp³-hybridized carbons (Fsp3) is 0.448. The maximum atomic E-state index is 6.38. The molecule has 0 spiro atoms. The number of hydrogen-bond donors (Lipinski definition) is 2. The summed E-state index contributed by atoms with van der Waals surface area (Å²) in [7, 11) is 4.23. The summed E-state index contributed by atoms with van der Waals surface area (Å²) >= 11 is 1.88. The molecule has 1 aromatic carbocycles. The maximum absolute atomic E-state index is 6.38. The molecule has 9 heteroatoms. The smallest absolute Gasteiger partial charge is 0.130 e. The lowest BCUT2D eigenvalue weighted by Crippen LogP contribution is -2.40. The summed E-state index contributed by atoms with van der Waals surface area (Å²) in [5.41, 5.74) is 11.1. The van der Waals surface area contributed by atoms with Gasteiger partial charge in [0.1, 0.15) is 17.8 Å². The van der Waals surface area contributed by atoms with Crippen molar-refractivity contribution < 1.29 is 4.74 Å². The van der Waals surface area contributed by atoms with E-state index < -0.39 is 0 Å². The Morgan fingerprint density at radius 1 is 1.11 bits per heavy atom. The number of amidine groups is 1. The normalized spacial score (nSPS) is 17.9. The van der Waals surface area contributed by atoms with Crippen LogP contribution in [0.15, 0.2) is 53.7 Å². The Labute approximate surface area is 230 Å². The second-order valence-corrected chi connectivity index (χ2v) is 11.4. The molecule has 0 amide bonds. The van der Waals surface area contributed by atoms with Crippen LogP contribution in [0.2, 0.25) is 0 Å². The van der Waals surface area contributed by atoms with Crippen LogP contribution in [0.3, 0.4) is 0 Å². The predicted molar refractivity (Wildman–Crippen MR) is 158 cm³/mol. The van der Waals surface area contributed by atoms with Crippen LogP contribution >= 0.6 is 11.3 Å². The van der Waals surface area contributed by atoms with Crippen LogP contribution in [0.5, 0.6) is 0 Å². The number of morpholine rings is 1. The molecule has 0 radical (unpaired) electrons. The highest BCUT2D eigenvalue weighted by Gasteiger charge is 2.25. The van der Waals surface area contributed by atoms with Crippen LogP contribution in [-0.2, 0) is 17.7 Å². The lowest BCUT2D eigenvalue weighted by molar-refractivity contribution is 0.0398. The summed E-state index contributed by atoms with van der Waals surface area (Å²) in [6, 6.07) is 15.3. The Kier molecular flexibility index (Phi) is 8.58. The number of nitrogens with one attached hydrogen (secondary N) is 1. The quantitative estimate of drug-likeness (QED) is 0.411. The Bertz CT molecular complexity index is 1250. The van der Waals surface area contributed by atoms with Crippen LogP contribution in [0.4, 0.5) is 11.5 Å². The molecule has 3 N–H and O–H groups in total. The molecule has 202 valence electrons. The Morgan fingerprint density at radius 2 is 1.92 bits per heavy atom. The number of pyridine rings is 1. The van der Waals surface area contributed by atoms with E-state index in [2.05, 4.69) is 77.4 Å². The van der Waals surface area contributed by atoms with Crippen molar-refractivity contribution in [2.45, 2.75) is 26.1 Å². The molecule has 1 unspecified atom stereocenters. The van der Waals surface area contributed by atoms with Crippen molar-refractivity contribution in [3.05, 3.63) is 64.7 Å². The lowest BCUT2D eigenvalue weighted by Gasteiger charge is -2.34. The number of ether oxygens (including phenoxy) is 1. The minimum atomic E-state index is -0.0234. The molecule has 8 nitrogen and oxygen atoms in total. The van der Waals surface area contributed by atoms with E-state index in [1.807, 2.05) is 23.6 Å². The van der Waals surface area contributed by atoms with Gasteiger partial charge in [-0.2, -0.15) is 0 Å². The molecular weight excluding hydrogens is 494 g/mol. The van der Waals surface area contributed by atoms with Gasteiger partial charge in [-0.3, -0.25) is 4.90 Å². The van der Waals surface area contributed by atoms with Crippen molar-refractivity contribution in [2.75, 3.05) is 70.2 Å². The Balaban J connectivity index is 1.24. The first-order chi connectivity index (χ1) is 18.5. The lowest BCUT2D eigenvalue weighted by atomic mass is 10.1. The minimum absolute atomic E-state index is 0.0234. The second-order valence-electron chi connectivity index (χ2n) is 10.2. The van der Waals surface area contributed by atoms with Gasteiger partial charge in [0, 0.05) is 54.6 Å². The van der Waals surface area contributed by atoms with Gasteiger partial charge in [-0.15, -0.1) is 11.3 Å². The molecule has 0 bridgehead atoms. The number of thiophene rings is 1. The van der Waals surface area contributed by atoms with E-state index in [0.717, 1.165) is 76.0 Å². The standard InChI is InChI=1S/C29H39N7OS/c1-21-33-29(30)25-18-28(31-11-13-35-14-16-37-17-15-35)32-19-26(25)36(21)12-10-23-8-9-27(38-23)24-7-5-4-6-22(24)20-34(2)3/h4-9,18-19,21H,10-17,20H2,1-3H3,(H2,30,33)(H,31,32). The third-order valence-electron chi connectivity index (χ3n) is 7.11. The zero-order chi connectivity index (χ0) is 26.5. The first kappa shape index (κ1) is 26.6. The van der Waals surface area contributed by atoms with Crippen molar-refractivity contribution >= 4 is 28.7 Å². The first-order valence-corrected chi connectivity index (χ1v) is 14.3. The number of aliphatic imine (C=N–C) groups is 1. The van der Waals surface area contributed by atoms with E-state index >= 15 is 0 Å². The van der Waals surface area contributed by atoms with Crippen LogP contribution in [0.25, 0.3) is 10.4 Å². The predicted octanol–water partition coefficient (Wildman–Crippen LogP) is 3.73. The van der Waals surface area contributed by atoms with Crippen LogP contribution in [-0.4, -0.2) is 86.8 Å². The first-order valence-electron chi connectivity index (χ1n) is 13.4. The number of hydrogen-bond acceptors (Lipinski definition) is 9. The van der Waals surface area contributed by atoms with Gasteiger partial charge in [0.15, 0.2) is 0 Å². The average Bonchev–Trinajstić information content (AvgIpc) is 3.38. The topological polar surface area (TPSA) is 82.2 Å². The van der Waals surface area contributed by atoms with Gasteiger partial charge >= 0.3 is 0 Å². The molecule has 38 heavy (non-hydrogen) atoms. The van der Waals surface area contributed by atoms with Gasteiger partial charge in [0.2, 0.25) is 0 Å². The minimum Gasteiger partial charge on any atom is -0.383 e. The summed E-state index contributed by atoms with van der Waals surface area (Å²) in [5.74, 6) is 1.42. The van der Waals surface area contributed by atoms with Gasteiger partial charge in [-0.1, -0.05) is 24.3 Å². The van der Waals surface area contributed by atoms with E-state index in [0.29, 0.717) is 5.84 Å². The Morgan fingerprint density at radius 3 is 2.74 bits per heavy atom. The molecule has 1 fully saturated rings. The van der Waals surface area contributed by atoms with Crippen LogP contribution in [0, 0.1) is 0 Å². The summed E-state index contributed by atoms with van der Waals surface area (Å²) in [6.07, 6.45) is 2.87. The third-order valence-corrected chi connectivity index (χ3v) is 8.29. The highest BCUT2D eigenvalue weighted by Crippen LogP contribution is 2.33. The molecule has 0 aliphatic carbocycles. The summed E-state index contributed by atoms with van der Waals surface area (Å²) < 4.78 is 5.44. The molecule has 1 saturated heterocycles. The van der Waals surface area contributed by atoms with Gasteiger partial charge < -0.3 is 25.6 Å². The molecule has 3 aromatic rings. The molecule has 4 heterocycles. The number of anilines is 2. The average molecular weight is 534 g/mol. The van der Waals surface area contributed by atoms with E-state index in [1.54, 1.807) is 0 Å². The van der Waals surface area contributed by atoms with Crippen molar-refractivity contribution in [2.24, 2.45) is 10.7 Å². The highest BCUT2D eigenvalue weighted by molar-refractivity contribution is 7.15. The van der Waals surface area contributed by atoms with Crippen molar-refractivity contribution in [3.63, 3.8) is 0 Å². The zero-order valence-electron chi connectivity index (χ0n) is 22.7. The SMILES string of the molecule is CC1N=C(N)c2cc(NCCN3CCOCC3)ncc2N1CCc1ccc(-c2ccccc2CN(C)C)s1. The number of aromatic nitrogens is 1. The molecule has 5 rings (SSSR count). The maximum Gasteiger partial charge on any atom is 0.130 e. The number of rotatable bonds is 10. The van der Waals surface area contributed by atoms with E-state index in [-0.39, 0.29) is 6.17 Å². The van der Waals surface area contributed by atoms with Crippen molar-refractivity contribution in [3.8, 4) is 10.4 Å².